The molecule has 108 valence electrons. The van der Waals surface area contributed by atoms with Gasteiger partial charge < -0.3 is 10.5 Å². The highest BCUT2D eigenvalue weighted by atomic mass is 32.2. The molecule has 19 heavy (non-hydrogen) atoms. The Bertz CT molecular complexity index is 522. The molecule has 0 aromatic heterocycles. The van der Waals surface area contributed by atoms with Crippen LogP contribution in [0.2, 0.25) is 0 Å². The second-order valence-corrected chi connectivity index (χ2v) is 5.70. The first-order valence-electron chi connectivity index (χ1n) is 5.68. The monoisotopic (exact) mass is 291 g/mol. The van der Waals surface area contributed by atoms with Crippen molar-refractivity contribution in [1.82, 2.24) is 4.31 Å². The van der Waals surface area contributed by atoms with Crippen molar-refractivity contribution in [3.8, 4) is 5.75 Å². The van der Waals surface area contributed by atoms with E-state index in [9.17, 15) is 12.8 Å². The number of nitrogens with zero attached hydrogens (tertiary/aromatic N) is 1. The Balaban J connectivity index is 2.80. The molecule has 0 spiro atoms. The first kappa shape index (κ1) is 15.7. The van der Waals surface area contributed by atoms with Gasteiger partial charge in [0.05, 0.1) is 12.8 Å². The van der Waals surface area contributed by atoms with Crippen LogP contribution in [0.1, 0.15) is 6.42 Å². The quantitative estimate of drug-likeness (QED) is 0.777. The van der Waals surface area contributed by atoms with Gasteiger partial charge in [0.15, 0.2) is 11.6 Å². The lowest BCUT2D eigenvalue weighted by molar-refractivity contribution is 0.386. The van der Waals surface area contributed by atoms with Crippen LogP contribution in [0.5, 0.6) is 5.75 Å². The van der Waals surface area contributed by atoms with Crippen molar-refractivity contribution in [2.24, 2.45) is 5.73 Å². The van der Waals surface area contributed by atoms with Gasteiger partial charge in [0.1, 0.15) is 0 Å². The zero-order valence-electron chi connectivity index (χ0n) is 10.9. The molecule has 8 heteroatoms. The molecule has 0 bridgehead atoms. The average Bonchev–Trinajstić information content (AvgIpc) is 2.35. The molecule has 1 aromatic carbocycles. The lowest BCUT2D eigenvalue weighted by Crippen LogP contribution is -2.34. The Morgan fingerprint density at radius 2 is 2.16 bits per heavy atom. The molecule has 0 amide bonds. The maximum atomic E-state index is 13.4. The number of nitrogens with one attached hydrogen (secondary N) is 1. The van der Waals surface area contributed by atoms with Crippen molar-refractivity contribution in [1.29, 1.82) is 0 Å². The number of nitrogens with two attached hydrogens (primary N) is 1. The Kier molecular flexibility index (Phi) is 5.52. The highest BCUT2D eigenvalue weighted by Crippen LogP contribution is 2.21. The third-order valence-electron chi connectivity index (χ3n) is 2.49. The van der Waals surface area contributed by atoms with Gasteiger partial charge in [0, 0.05) is 19.7 Å². The lowest BCUT2D eigenvalue weighted by Gasteiger charge is -2.18. The molecule has 0 atom stereocenters. The van der Waals surface area contributed by atoms with Crippen molar-refractivity contribution in [3.63, 3.8) is 0 Å². The molecule has 1 aromatic rings. The summed E-state index contributed by atoms with van der Waals surface area (Å²) in [5.41, 5.74) is 5.46. The number of benzene rings is 1. The van der Waals surface area contributed by atoms with Gasteiger partial charge in [-0.3, -0.25) is 4.72 Å². The molecule has 0 heterocycles. The Morgan fingerprint density at radius 1 is 1.47 bits per heavy atom. The van der Waals surface area contributed by atoms with Crippen molar-refractivity contribution in [2.75, 3.05) is 32.0 Å². The number of rotatable bonds is 7. The second-order valence-electron chi connectivity index (χ2n) is 3.92. The van der Waals surface area contributed by atoms with E-state index >= 15 is 0 Å². The number of hydrogen-bond acceptors (Lipinski definition) is 4. The summed E-state index contributed by atoms with van der Waals surface area (Å²) in [6.07, 6.45) is 0.550. The number of hydrogen-bond donors (Lipinski definition) is 2. The van der Waals surface area contributed by atoms with E-state index in [2.05, 4.69) is 4.72 Å². The summed E-state index contributed by atoms with van der Waals surface area (Å²) in [4.78, 5) is 0. The van der Waals surface area contributed by atoms with E-state index in [0.29, 0.717) is 19.5 Å². The van der Waals surface area contributed by atoms with Crippen molar-refractivity contribution in [2.45, 2.75) is 6.42 Å². The summed E-state index contributed by atoms with van der Waals surface area (Å²) in [6.45, 7) is 0.696. The molecule has 0 radical (unpaired) electrons. The fourth-order valence-electron chi connectivity index (χ4n) is 1.39. The van der Waals surface area contributed by atoms with Gasteiger partial charge in [-0.25, -0.2) is 4.39 Å². The Labute approximate surface area is 112 Å². The summed E-state index contributed by atoms with van der Waals surface area (Å²) in [5, 5.41) is 0. The van der Waals surface area contributed by atoms with Crippen molar-refractivity contribution >= 4 is 15.9 Å². The number of halogens is 1. The van der Waals surface area contributed by atoms with Crippen LogP contribution in [0, 0.1) is 5.82 Å². The predicted octanol–water partition coefficient (Wildman–Crippen LogP) is 0.772. The summed E-state index contributed by atoms with van der Waals surface area (Å²) in [5.74, 6) is -0.577. The molecule has 0 aliphatic heterocycles. The molecular formula is C11H18FN3O3S. The minimum absolute atomic E-state index is 0.0550. The van der Waals surface area contributed by atoms with E-state index in [1.54, 1.807) is 0 Å². The van der Waals surface area contributed by atoms with E-state index in [-0.39, 0.29) is 11.4 Å². The summed E-state index contributed by atoms with van der Waals surface area (Å²) < 4.78 is 45.4. The second kappa shape index (κ2) is 6.69. The molecule has 0 saturated carbocycles. The van der Waals surface area contributed by atoms with E-state index in [0.717, 1.165) is 10.4 Å². The third-order valence-corrected chi connectivity index (χ3v) is 3.98. The first-order valence-corrected chi connectivity index (χ1v) is 7.12. The van der Waals surface area contributed by atoms with Crippen molar-refractivity contribution < 1.29 is 17.5 Å². The summed E-state index contributed by atoms with van der Waals surface area (Å²) >= 11 is 0. The molecule has 3 N–H and O–H groups in total. The number of ether oxygens (including phenoxy) is 1. The SMILES string of the molecule is COc1ccc(NS(=O)(=O)N(C)CCCN)cc1F. The molecule has 0 aliphatic rings. The fourth-order valence-corrected chi connectivity index (χ4v) is 2.34. The minimum atomic E-state index is -3.70. The molecule has 6 nitrogen and oxygen atoms in total. The van der Waals surface area contributed by atoms with Gasteiger partial charge in [0.2, 0.25) is 0 Å². The van der Waals surface area contributed by atoms with Crippen LogP contribution in [0.25, 0.3) is 0 Å². The highest BCUT2D eigenvalue weighted by molar-refractivity contribution is 7.90. The Hall–Kier alpha value is -1.38. The van der Waals surface area contributed by atoms with Gasteiger partial charge in [-0.1, -0.05) is 0 Å². The van der Waals surface area contributed by atoms with E-state index < -0.39 is 16.0 Å². The summed E-state index contributed by atoms with van der Waals surface area (Å²) in [6, 6.07) is 3.84. The smallest absolute Gasteiger partial charge is 0.301 e. The van der Waals surface area contributed by atoms with Gasteiger partial charge >= 0.3 is 10.2 Å². The topological polar surface area (TPSA) is 84.7 Å². The molecule has 0 saturated heterocycles. The Morgan fingerprint density at radius 3 is 2.68 bits per heavy atom. The van der Waals surface area contributed by atoms with Gasteiger partial charge in [-0.15, -0.1) is 0 Å². The summed E-state index contributed by atoms with van der Waals surface area (Å²) in [7, 11) is -0.937. The van der Waals surface area contributed by atoms with Crippen LogP contribution in [0.15, 0.2) is 18.2 Å². The minimum Gasteiger partial charge on any atom is -0.494 e. The fraction of sp³-hybridized carbons (Fsp3) is 0.455. The third kappa shape index (κ3) is 4.34. The normalized spacial score (nSPS) is 11.6. The molecule has 0 aliphatic carbocycles. The molecule has 0 unspecified atom stereocenters. The van der Waals surface area contributed by atoms with E-state index in [4.69, 9.17) is 10.5 Å². The standard InChI is InChI=1S/C11H18FN3O3S/c1-15(7-3-6-13)19(16,17)14-9-4-5-11(18-2)10(12)8-9/h4-5,8,14H,3,6-7,13H2,1-2H3. The van der Waals surface area contributed by atoms with E-state index in [1.165, 1.54) is 26.3 Å². The van der Waals surface area contributed by atoms with Gasteiger partial charge in [-0.05, 0) is 25.1 Å². The largest absolute Gasteiger partial charge is 0.494 e. The average molecular weight is 291 g/mol. The van der Waals surface area contributed by atoms with Crippen LogP contribution >= 0.6 is 0 Å². The molecule has 0 fully saturated rings. The van der Waals surface area contributed by atoms with Crippen molar-refractivity contribution in [3.05, 3.63) is 24.0 Å². The maximum Gasteiger partial charge on any atom is 0.301 e. The highest BCUT2D eigenvalue weighted by Gasteiger charge is 2.17. The zero-order valence-corrected chi connectivity index (χ0v) is 11.7. The molecule has 1 rings (SSSR count). The lowest BCUT2D eigenvalue weighted by atomic mass is 10.3. The zero-order chi connectivity index (χ0) is 14.5. The van der Waals surface area contributed by atoms with Gasteiger partial charge in [0.25, 0.3) is 0 Å². The van der Waals surface area contributed by atoms with Crippen LogP contribution in [0.3, 0.4) is 0 Å². The van der Waals surface area contributed by atoms with Gasteiger partial charge in [-0.2, -0.15) is 12.7 Å². The van der Waals surface area contributed by atoms with E-state index in [1.807, 2.05) is 0 Å². The molecular weight excluding hydrogens is 273 g/mol. The predicted molar refractivity (Wildman–Crippen MR) is 71.8 cm³/mol. The van der Waals surface area contributed by atoms with Crippen LogP contribution < -0.4 is 15.2 Å². The number of anilines is 1. The number of methoxy groups -OCH3 is 1. The van der Waals surface area contributed by atoms with Crippen LogP contribution in [-0.2, 0) is 10.2 Å². The first-order chi connectivity index (χ1) is 8.90. The van der Waals surface area contributed by atoms with Crippen LogP contribution in [-0.4, -0.2) is 40.0 Å². The maximum absolute atomic E-state index is 13.4. The van der Waals surface area contributed by atoms with Crippen LogP contribution in [0.4, 0.5) is 10.1 Å².